The molecule has 0 aromatic carbocycles. The van der Waals surface area contributed by atoms with Crippen molar-refractivity contribution in [3.05, 3.63) is 70.6 Å². The number of aromatic nitrogens is 3. The van der Waals surface area contributed by atoms with Crippen LogP contribution in [0.4, 0.5) is 0 Å². The number of hydrogen-bond donors (Lipinski definition) is 9. The van der Waals surface area contributed by atoms with E-state index < -0.39 is 12.3 Å². The molecular formula is C33H50N18. The molecule has 0 fully saturated rings. The van der Waals surface area contributed by atoms with Crippen LogP contribution >= 0.6 is 0 Å². The number of aromatic amines is 3. The second kappa shape index (κ2) is 15.3. The third kappa shape index (κ3) is 9.00. The van der Waals surface area contributed by atoms with Crippen LogP contribution in [0.25, 0.3) is 0 Å². The monoisotopic (exact) mass is 698 g/mol. The van der Waals surface area contributed by atoms with E-state index >= 15 is 0 Å². The highest BCUT2D eigenvalue weighted by molar-refractivity contribution is 6.01. The fraction of sp³-hybridized carbons (Fsp3) is 0.455. The van der Waals surface area contributed by atoms with E-state index in [-0.39, 0.29) is 6.17 Å². The molecule has 3 aromatic heterocycles. The minimum Gasteiger partial charge on any atom is -0.370 e. The molecule has 18 heteroatoms. The Bertz CT molecular complexity index is 1850. The number of nitrogens with two attached hydrogens (primary N) is 2. The van der Waals surface area contributed by atoms with Crippen LogP contribution in [0.3, 0.4) is 0 Å². The molecule has 0 aliphatic carbocycles. The van der Waals surface area contributed by atoms with E-state index in [2.05, 4.69) is 75.9 Å². The zero-order valence-electron chi connectivity index (χ0n) is 30.1. The molecule has 0 bridgehead atoms. The molecule has 0 spiro atoms. The largest absolute Gasteiger partial charge is 0.370 e. The van der Waals surface area contributed by atoms with Crippen LogP contribution in [0.2, 0.25) is 0 Å². The highest BCUT2D eigenvalue weighted by Crippen LogP contribution is 2.18. The summed E-state index contributed by atoms with van der Waals surface area (Å²) in [5, 5.41) is 13.1. The maximum atomic E-state index is 6.44. The van der Waals surface area contributed by atoms with Gasteiger partial charge >= 0.3 is 0 Å². The molecule has 6 rings (SSSR count). The standard InChI is InChI=1S/C33H50N18/c1-19-10-36-14-24(19)16-50(32-41-22(4)40-28(34)46-32)8-7-26-42-29(35)47-33(44-26)51(17-25-15-37-11-20(25)2)18-27-43-30(48-31(45-27)49(5)6)39-13-23-9-21(3)38-12-23/h9-12,14-15,22,26-27,36-38H,7-8,13,16-18H2,1-6H3,(H3,34,40,41,46)(H3,35,42,44,47)(H2,39,43,45,48). The molecule has 0 saturated carbocycles. The molecule has 3 aliphatic rings. The lowest BCUT2D eigenvalue weighted by Crippen LogP contribution is -2.54. The topological polar surface area (TPSA) is 231 Å². The second-order valence-corrected chi connectivity index (χ2v) is 13.2. The summed E-state index contributed by atoms with van der Waals surface area (Å²) in [6.07, 6.45) is 9.35. The van der Waals surface area contributed by atoms with Crippen molar-refractivity contribution in [3.8, 4) is 0 Å². The SMILES string of the molecule is Cc1cc(CNC2=NC(CN(Cc3c[nH]cc3C)C3=NC(CCN(Cc4c[nH]cc4C)C4=NC(C)N=C(N)N4)N=C(N)N3)N=C(N(C)C)N2)c[nH]1. The van der Waals surface area contributed by atoms with Gasteiger partial charge in [-0.1, -0.05) is 0 Å². The van der Waals surface area contributed by atoms with Gasteiger partial charge in [0.2, 0.25) is 23.8 Å². The Morgan fingerprint density at radius 1 is 0.725 bits per heavy atom. The van der Waals surface area contributed by atoms with Crippen LogP contribution in [0, 0.1) is 20.8 Å². The zero-order valence-corrected chi connectivity index (χ0v) is 30.1. The number of hydrogen-bond acceptors (Lipinski definition) is 15. The minimum absolute atomic E-state index is 0.291. The Morgan fingerprint density at radius 3 is 1.98 bits per heavy atom. The third-order valence-electron chi connectivity index (χ3n) is 8.71. The van der Waals surface area contributed by atoms with Crippen molar-refractivity contribution in [1.29, 1.82) is 0 Å². The molecule has 0 radical (unpaired) electrons. The Kier molecular flexibility index (Phi) is 10.5. The van der Waals surface area contributed by atoms with Crippen LogP contribution in [-0.2, 0) is 19.6 Å². The highest BCUT2D eigenvalue weighted by atomic mass is 15.4. The van der Waals surface area contributed by atoms with E-state index in [1.165, 1.54) is 0 Å². The normalized spacial score (nSPS) is 20.0. The molecule has 3 atom stereocenters. The van der Waals surface area contributed by atoms with Crippen molar-refractivity contribution in [3.63, 3.8) is 0 Å². The molecule has 0 saturated heterocycles. The van der Waals surface area contributed by atoms with Gasteiger partial charge in [0.25, 0.3) is 0 Å². The fourth-order valence-electron chi connectivity index (χ4n) is 5.94. The molecule has 3 unspecified atom stereocenters. The molecule has 0 amide bonds. The first-order valence-corrected chi connectivity index (χ1v) is 17.1. The molecule has 6 heterocycles. The summed E-state index contributed by atoms with van der Waals surface area (Å²) in [6, 6.07) is 2.11. The molecule has 18 nitrogen and oxygen atoms in total. The smallest absolute Gasteiger partial charge is 0.203 e. The summed E-state index contributed by atoms with van der Waals surface area (Å²) in [6.45, 7) is 10.9. The lowest BCUT2D eigenvalue weighted by atomic mass is 10.2. The van der Waals surface area contributed by atoms with Crippen LogP contribution in [0.1, 0.15) is 46.9 Å². The summed E-state index contributed by atoms with van der Waals surface area (Å²) in [5.74, 6) is 3.24. The van der Waals surface area contributed by atoms with Crippen molar-refractivity contribution < 1.29 is 0 Å². The summed E-state index contributed by atoms with van der Waals surface area (Å²) < 4.78 is 0. The number of nitrogens with zero attached hydrogens (tertiary/aromatic N) is 9. The number of aryl methyl sites for hydroxylation is 3. The number of aliphatic imine (C=N–C) groups is 6. The van der Waals surface area contributed by atoms with Gasteiger partial charge in [0, 0.05) is 83.4 Å². The predicted molar refractivity (Wildman–Crippen MR) is 202 cm³/mol. The summed E-state index contributed by atoms with van der Waals surface area (Å²) in [4.78, 5) is 44.5. The van der Waals surface area contributed by atoms with Gasteiger partial charge in [-0.25, -0.2) is 30.0 Å². The Hall–Kier alpha value is -5.94. The summed E-state index contributed by atoms with van der Waals surface area (Å²) in [5.41, 5.74) is 19.3. The average Bonchev–Trinajstić information content (AvgIpc) is 3.81. The number of H-pyrrole nitrogens is 3. The van der Waals surface area contributed by atoms with Crippen LogP contribution in [0.5, 0.6) is 0 Å². The minimum atomic E-state index is -0.446. The van der Waals surface area contributed by atoms with Crippen LogP contribution in [0.15, 0.2) is 67.0 Å². The Labute approximate surface area is 297 Å². The molecular weight excluding hydrogens is 648 g/mol. The van der Waals surface area contributed by atoms with Gasteiger partial charge in [-0.15, -0.1) is 0 Å². The molecule has 11 N–H and O–H groups in total. The average molecular weight is 699 g/mol. The van der Waals surface area contributed by atoms with Gasteiger partial charge < -0.3 is 46.4 Å². The maximum absolute atomic E-state index is 6.44. The van der Waals surface area contributed by atoms with E-state index in [9.17, 15) is 0 Å². The summed E-state index contributed by atoms with van der Waals surface area (Å²) >= 11 is 0. The molecule has 3 aliphatic heterocycles. The van der Waals surface area contributed by atoms with E-state index in [4.69, 9.17) is 31.4 Å². The lowest BCUT2D eigenvalue weighted by Gasteiger charge is -2.33. The Morgan fingerprint density at radius 2 is 1.37 bits per heavy atom. The first kappa shape index (κ1) is 34.9. The molecule has 51 heavy (non-hydrogen) atoms. The van der Waals surface area contributed by atoms with Crippen LogP contribution < -0.4 is 32.7 Å². The van der Waals surface area contributed by atoms with Gasteiger partial charge in [-0.3, -0.25) is 16.0 Å². The van der Waals surface area contributed by atoms with Gasteiger partial charge in [0.15, 0.2) is 18.1 Å². The second-order valence-electron chi connectivity index (χ2n) is 13.2. The van der Waals surface area contributed by atoms with Crippen molar-refractivity contribution >= 4 is 35.8 Å². The van der Waals surface area contributed by atoms with Crippen molar-refractivity contribution in [2.75, 3.05) is 27.2 Å². The Balaban J connectivity index is 1.23. The zero-order chi connectivity index (χ0) is 36.1. The molecule has 3 aromatic rings. The first-order valence-electron chi connectivity index (χ1n) is 17.1. The van der Waals surface area contributed by atoms with E-state index in [1.54, 1.807) is 0 Å². The lowest BCUT2D eigenvalue weighted by molar-refractivity contribution is 0.354. The van der Waals surface area contributed by atoms with E-state index in [1.807, 2.05) is 63.8 Å². The van der Waals surface area contributed by atoms with Crippen molar-refractivity contribution in [2.45, 2.75) is 72.2 Å². The number of nitrogens with one attached hydrogen (secondary N) is 7. The number of rotatable bonds is 11. The maximum Gasteiger partial charge on any atom is 0.203 e. The first-order chi connectivity index (χ1) is 24.5. The fourth-order valence-corrected chi connectivity index (χ4v) is 5.94. The summed E-state index contributed by atoms with van der Waals surface area (Å²) in [7, 11) is 3.90. The molecule has 272 valence electrons. The highest BCUT2D eigenvalue weighted by Gasteiger charge is 2.27. The number of guanidine groups is 6. The van der Waals surface area contributed by atoms with E-state index in [0.29, 0.717) is 74.9 Å². The third-order valence-corrected chi connectivity index (χ3v) is 8.71. The predicted octanol–water partition coefficient (Wildman–Crippen LogP) is 0.503. The van der Waals surface area contributed by atoms with Crippen molar-refractivity contribution in [1.82, 2.24) is 50.9 Å². The van der Waals surface area contributed by atoms with E-state index in [0.717, 1.165) is 33.5 Å². The van der Waals surface area contributed by atoms with Gasteiger partial charge in [-0.2, -0.15) is 0 Å². The van der Waals surface area contributed by atoms with Crippen molar-refractivity contribution in [2.24, 2.45) is 41.4 Å². The van der Waals surface area contributed by atoms with Gasteiger partial charge in [0.05, 0.1) is 6.54 Å². The van der Waals surface area contributed by atoms with Gasteiger partial charge in [-0.05, 0) is 61.6 Å². The van der Waals surface area contributed by atoms with Crippen LogP contribution in [-0.4, -0.2) is 111 Å². The quantitative estimate of drug-likeness (QED) is 0.136. The van der Waals surface area contributed by atoms with Gasteiger partial charge in [0.1, 0.15) is 12.3 Å².